The first-order chi connectivity index (χ1) is 14.8. The molecule has 3 heterocycles. The Hall–Kier alpha value is -2.91. The van der Waals surface area contributed by atoms with Gasteiger partial charge in [0.15, 0.2) is 5.76 Å². The van der Waals surface area contributed by atoms with Crippen LogP contribution in [0, 0.1) is 11.7 Å². The minimum absolute atomic E-state index is 0.0187. The molecule has 31 heavy (non-hydrogen) atoms. The molecule has 2 fully saturated rings. The standard InChI is InChI=1S/C22H27FN4O4/c1-13(2)10-25-7-8-27-17(25)12-26-11-16(19(28)20(29)18(26)22(27)31)21(30)24-9-14-3-5-15(23)6-4-14/h3-6,11,13,17,19,28-29H,7-10,12H2,1-2H3,(H,24,30). The average molecular weight is 430 g/mol. The number of rotatable bonds is 5. The van der Waals surface area contributed by atoms with E-state index in [2.05, 4.69) is 24.1 Å². The summed E-state index contributed by atoms with van der Waals surface area (Å²) in [4.78, 5) is 31.2. The van der Waals surface area contributed by atoms with Gasteiger partial charge in [0, 0.05) is 32.4 Å². The highest BCUT2D eigenvalue weighted by Crippen LogP contribution is 2.33. The lowest BCUT2D eigenvalue weighted by molar-refractivity contribution is -0.135. The molecule has 9 heteroatoms. The van der Waals surface area contributed by atoms with Crippen molar-refractivity contribution in [3.05, 3.63) is 58.9 Å². The smallest absolute Gasteiger partial charge is 0.275 e. The summed E-state index contributed by atoms with van der Waals surface area (Å²) in [6.45, 7) is 6.91. The fourth-order valence-corrected chi connectivity index (χ4v) is 4.35. The molecule has 2 atom stereocenters. The summed E-state index contributed by atoms with van der Waals surface area (Å²) in [6, 6.07) is 5.70. The van der Waals surface area contributed by atoms with Crippen LogP contribution in [0.5, 0.6) is 0 Å². The van der Waals surface area contributed by atoms with Gasteiger partial charge in [-0.2, -0.15) is 0 Å². The maximum Gasteiger partial charge on any atom is 0.275 e. The number of fused-ring (bicyclic) bond motifs is 2. The Labute approximate surface area is 180 Å². The van der Waals surface area contributed by atoms with E-state index in [0.717, 1.165) is 13.1 Å². The third kappa shape index (κ3) is 4.03. The van der Waals surface area contributed by atoms with E-state index in [1.165, 1.54) is 18.3 Å². The van der Waals surface area contributed by atoms with Crippen LogP contribution in [0.1, 0.15) is 19.4 Å². The summed E-state index contributed by atoms with van der Waals surface area (Å²) in [5.41, 5.74) is 0.670. The van der Waals surface area contributed by atoms with Gasteiger partial charge in [0.2, 0.25) is 0 Å². The number of benzene rings is 1. The van der Waals surface area contributed by atoms with Gasteiger partial charge in [-0.15, -0.1) is 0 Å². The monoisotopic (exact) mass is 430 g/mol. The van der Waals surface area contributed by atoms with Crippen LogP contribution in [0.3, 0.4) is 0 Å². The van der Waals surface area contributed by atoms with Gasteiger partial charge in [0.05, 0.1) is 12.1 Å². The van der Waals surface area contributed by atoms with Gasteiger partial charge in [-0.05, 0) is 23.6 Å². The van der Waals surface area contributed by atoms with Crippen molar-refractivity contribution in [2.24, 2.45) is 5.92 Å². The molecule has 8 nitrogen and oxygen atoms in total. The SMILES string of the molecule is CC(C)CN1CCN2C(=O)C3=C(O)C(O)C(C(=O)NCc4ccc(F)cc4)=CN3CC12. The third-order valence-electron chi connectivity index (χ3n) is 5.84. The first kappa shape index (κ1) is 21.3. The lowest BCUT2D eigenvalue weighted by Crippen LogP contribution is -2.57. The third-order valence-corrected chi connectivity index (χ3v) is 5.84. The molecule has 0 spiro atoms. The number of amides is 2. The summed E-state index contributed by atoms with van der Waals surface area (Å²) in [7, 11) is 0. The molecule has 0 aliphatic carbocycles. The van der Waals surface area contributed by atoms with Crippen molar-refractivity contribution >= 4 is 11.8 Å². The Morgan fingerprint density at radius 2 is 1.97 bits per heavy atom. The predicted octanol–water partition coefficient (Wildman–Crippen LogP) is 0.912. The lowest BCUT2D eigenvalue weighted by Gasteiger charge is -2.43. The highest BCUT2D eigenvalue weighted by atomic mass is 19.1. The van der Waals surface area contributed by atoms with Gasteiger partial charge in [-0.3, -0.25) is 14.5 Å². The van der Waals surface area contributed by atoms with Gasteiger partial charge < -0.3 is 25.3 Å². The molecular weight excluding hydrogens is 403 g/mol. The molecule has 2 unspecified atom stereocenters. The van der Waals surface area contributed by atoms with Crippen molar-refractivity contribution in [3.63, 3.8) is 0 Å². The van der Waals surface area contributed by atoms with Gasteiger partial charge in [0.25, 0.3) is 11.8 Å². The molecule has 1 aromatic rings. The number of halogens is 1. The molecule has 0 bridgehead atoms. The summed E-state index contributed by atoms with van der Waals surface area (Å²) in [5, 5.41) is 23.8. The second-order valence-electron chi connectivity index (χ2n) is 8.55. The van der Waals surface area contributed by atoms with E-state index >= 15 is 0 Å². The van der Waals surface area contributed by atoms with E-state index in [1.807, 2.05) is 0 Å². The molecule has 3 aliphatic rings. The van der Waals surface area contributed by atoms with E-state index < -0.39 is 17.8 Å². The largest absolute Gasteiger partial charge is 0.507 e. The van der Waals surface area contributed by atoms with Crippen LogP contribution in [-0.2, 0) is 16.1 Å². The molecule has 1 aromatic carbocycles. The molecule has 0 saturated carbocycles. The highest BCUT2D eigenvalue weighted by Gasteiger charge is 2.47. The van der Waals surface area contributed by atoms with E-state index in [0.29, 0.717) is 24.6 Å². The first-order valence-electron chi connectivity index (χ1n) is 10.4. The maximum atomic E-state index is 13.0. The molecule has 3 aliphatic heterocycles. The zero-order chi connectivity index (χ0) is 22.3. The lowest BCUT2D eigenvalue weighted by atomic mass is 10.00. The predicted molar refractivity (Wildman–Crippen MR) is 111 cm³/mol. The van der Waals surface area contributed by atoms with Crippen molar-refractivity contribution in [2.45, 2.75) is 32.7 Å². The number of hydrogen-bond donors (Lipinski definition) is 3. The van der Waals surface area contributed by atoms with Gasteiger partial charge >= 0.3 is 0 Å². The van der Waals surface area contributed by atoms with E-state index in [4.69, 9.17) is 0 Å². The summed E-state index contributed by atoms with van der Waals surface area (Å²) >= 11 is 0. The quantitative estimate of drug-likeness (QED) is 0.643. The second kappa shape index (κ2) is 8.32. The fraction of sp³-hybridized carbons (Fsp3) is 0.455. The zero-order valence-electron chi connectivity index (χ0n) is 17.6. The molecule has 166 valence electrons. The van der Waals surface area contributed by atoms with Crippen LogP contribution in [0.2, 0.25) is 0 Å². The van der Waals surface area contributed by atoms with E-state index in [-0.39, 0.29) is 35.7 Å². The Morgan fingerprint density at radius 3 is 2.65 bits per heavy atom. The first-order valence-corrected chi connectivity index (χ1v) is 10.4. The molecule has 0 radical (unpaired) electrons. The second-order valence-corrected chi connectivity index (χ2v) is 8.55. The minimum Gasteiger partial charge on any atom is -0.507 e. The Kier molecular flexibility index (Phi) is 5.72. The van der Waals surface area contributed by atoms with Crippen molar-refractivity contribution in [1.82, 2.24) is 20.0 Å². The molecule has 0 aromatic heterocycles. The maximum absolute atomic E-state index is 13.0. The van der Waals surface area contributed by atoms with Crippen LogP contribution < -0.4 is 5.32 Å². The number of carbonyl (C=O) groups is 2. The van der Waals surface area contributed by atoms with E-state index in [9.17, 15) is 24.2 Å². The minimum atomic E-state index is -1.59. The normalized spacial score (nSPS) is 23.8. The number of nitrogens with zero attached hydrogens (tertiary/aromatic N) is 3. The van der Waals surface area contributed by atoms with Gasteiger partial charge in [-0.1, -0.05) is 26.0 Å². The van der Waals surface area contributed by atoms with Crippen LogP contribution in [0.4, 0.5) is 4.39 Å². The summed E-state index contributed by atoms with van der Waals surface area (Å²) in [6.07, 6.45) is -0.295. The number of hydrogen-bond acceptors (Lipinski definition) is 6. The number of aliphatic hydroxyl groups is 2. The Morgan fingerprint density at radius 1 is 1.26 bits per heavy atom. The number of carbonyl (C=O) groups excluding carboxylic acids is 2. The van der Waals surface area contributed by atoms with Crippen LogP contribution in [0.15, 0.2) is 47.5 Å². The zero-order valence-corrected chi connectivity index (χ0v) is 17.6. The molecule has 4 rings (SSSR count). The van der Waals surface area contributed by atoms with Crippen molar-refractivity contribution in [1.29, 1.82) is 0 Å². The van der Waals surface area contributed by atoms with Crippen molar-refractivity contribution in [2.75, 3.05) is 26.2 Å². The average Bonchev–Trinajstić information content (AvgIpc) is 3.12. The number of aliphatic hydroxyl groups excluding tert-OH is 2. The van der Waals surface area contributed by atoms with Crippen LogP contribution in [0.25, 0.3) is 0 Å². The number of piperazine rings is 1. The molecule has 2 amide bonds. The van der Waals surface area contributed by atoms with Crippen molar-refractivity contribution < 1.29 is 24.2 Å². The molecule has 3 N–H and O–H groups in total. The van der Waals surface area contributed by atoms with E-state index in [1.54, 1.807) is 21.9 Å². The fourth-order valence-electron chi connectivity index (χ4n) is 4.35. The van der Waals surface area contributed by atoms with Crippen LogP contribution in [-0.4, -0.2) is 75.2 Å². The highest BCUT2D eigenvalue weighted by molar-refractivity contribution is 5.99. The van der Waals surface area contributed by atoms with Gasteiger partial charge in [0.1, 0.15) is 23.8 Å². The Bertz CT molecular complexity index is 943. The van der Waals surface area contributed by atoms with Crippen molar-refractivity contribution in [3.8, 4) is 0 Å². The van der Waals surface area contributed by atoms with Crippen LogP contribution >= 0.6 is 0 Å². The summed E-state index contributed by atoms with van der Waals surface area (Å²) < 4.78 is 13.0. The molecular formula is C22H27FN4O4. The summed E-state index contributed by atoms with van der Waals surface area (Å²) in [5.74, 6) is -1.36. The molecule has 2 saturated heterocycles. The number of nitrogens with one attached hydrogen (secondary N) is 1. The van der Waals surface area contributed by atoms with Gasteiger partial charge in [-0.25, -0.2) is 4.39 Å². The topological polar surface area (TPSA) is 96.4 Å². The Balaban J connectivity index is 1.52.